The lowest BCUT2D eigenvalue weighted by Gasteiger charge is -2.25. The Hall–Kier alpha value is -1.80. The van der Waals surface area contributed by atoms with E-state index in [0.717, 1.165) is 9.88 Å². The van der Waals surface area contributed by atoms with Crippen LogP contribution in [0.4, 0.5) is 8.78 Å². The van der Waals surface area contributed by atoms with Gasteiger partial charge in [-0.2, -0.15) is 4.31 Å². The van der Waals surface area contributed by atoms with Crippen molar-refractivity contribution >= 4 is 16.0 Å². The first-order chi connectivity index (χ1) is 9.73. The Labute approximate surface area is 120 Å². The predicted molar refractivity (Wildman–Crippen MR) is 70.5 cm³/mol. The summed E-state index contributed by atoms with van der Waals surface area (Å²) in [5, 5.41) is 8.83. The molecule has 0 aliphatic carbocycles. The highest BCUT2D eigenvalue weighted by molar-refractivity contribution is 7.89. The summed E-state index contributed by atoms with van der Waals surface area (Å²) in [6.07, 6.45) is 2.16. The highest BCUT2D eigenvalue weighted by atomic mass is 32.2. The smallest absolute Gasteiger partial charge is 0.335 e. The topological polar surface area (TPSA) is 74.7 Å². The normalized spacial score (nSPS) is 16.6. The minimum atomic E-state index is -4.28. The van der Waals surface area contributed by atoms with Crippen molar-refractivity contribution in [1.29, 1.82) is 0 Å². The van der Waals surface area contributed by atoms with Crippen LogP contribution < -0.4 is 0 Å². The minimum Gasteiger partial charge on any atom is -0.478 e. The maximum Gasteiger partial charge on any atom is 0.335 e. The highest BCUT2D eigenvalue weighted by Gasteiger charge is 2.31. The van der Waals surface area contributed by atoms with Crippen LogP contribution >= 0.6 is 0 Å². The summed E-state index contributed by atoms with van der Waals surface area (Å²) in [6.45, 7) is 2.03. The molecule has 8 heteroatoms. The minimum absolute atomic E-state index is 0.0481. The van der Waals surface area contributed by atoms with E-state index in [0.29, 0.717) is 18.6 Å². The van der Waals surface area contributed by atoms with Gasteiger partial charge in [-0.25, -0.2) is 22.0 Å². The first kappa shape index (κ1) is 15.6. The lowest BCUT2D eigenvalue weighted by Crippen LogP contribution is -2.35. The molecule has 0 spiro atoms. The number of carbonyl (C=O) groups is 1. The van der Waals surface area contributed by atoms with Crippen LogP contribution in [0.1, 0.15) is 23.7 Å². The van der Waals surface area contributed by atoms with Crippen LogP contribution in [0, 0.1) is 11.6 Å². The fourth-order valence-electron chi connectivity index (χ4n) is 1.98. The van der Waals surface area contributed by atoms with Gasteiger partial charge in [-0.05, 0) is 25.5 Å². The second kappa shape index (κ2) is 5.53. The average molecular weight is 317 g/mol. The third-order valence-electron chi connectivity index (χ3n) is 3.26. The second-order valence-corrected chi connectivity index (χ2v) is 6.65. The van der Waals surface area contributed by atoms with E-state index in [2.05, 4.69) is 0 Å². The van der Waals surface area contributed by atoms with E-state index in [1.54, 1.807) is 6.08 Å². The molecular formula is C13H13F2NO4S. The van der Waals surface area contributed by atoms with Gasteiger partial charge in [0.05, 0.1) is 5.56 Å². The summed E-state index contributed by atoms with van der Waals surface area (Å²) in [7, 11) is -4.28. The molecule has 5 nitrogen and oxygen atoms in total. The van der Waals surface area contributed by atoms with E-state index in [1.807, 2.05) is 6.92 Å². The first-order valence-electron chi connectivity index (χ1n) is 6.11. The molecule has 2 rings (SSSR count). The maximum absolute atomic E-state index is 13.8. The molecule has 1 heterocycles. The molecule has 0 saturated heterocycles. The van der Waals surface area contributed by atoms with Gasteiger partial charge in [0.25, 0.3) is 0 Å². The molecule has 0 aromatic heterocycles. The Morgan fingerprint density at radius 3 is 2.52 bits per heavy atom. The Bertz CT molecular complexity index is 728. The molecule has 1 aromatic carbocycles. The molecular weight excluding hydrogens is 304 g/mol. The van der Waals surface area contributed by atoms with Crippen molar-refractivity contribution in [2.75, 3.05) is 13.1 Å². The molecule has 0 saturated carbocycles. The van der Waals surface area contributed by atoms with Crippen molar-refractivity contribution in [3.05, 3.63) is 41.0 Å². The second-order valence-electron chi connectivity index (χ2n) is 4.74. The third kappa shape index (κ3) is 2.96. The zero-order valence-corrected chi connectivity index (χ0v) is 12.0. The summed E-state index contributed by atoms with van der Waals surface area (Å²) >= 11 is 0. The molecule has 21 heavy (non-hydrogen) atoms. The van der Waals surface area contributed by atoms with Gasteiger partial charge in [0.15, 0.2) is 11.6 Å². The van der Waals surface area contributed by atoms with Crippen molar-refractivity contribution in [3.63, 3.8) is 0 Å². The van der Waals surface area contributed by atoms with Gasteiger partial charge < -0.3 is 5.11 Å². The quantitative estimate of drug-likeness (QED) is 0.865. The number of hydrogen-bond donors (Lipinski definition) is 1. The number of hydrogen-bond acceptors (Lipinski definition) is 3. The third-order valence-corrected chi connectivity index (χ3v) is 5.12. The van der Waals surface area contributed by atoms with Crippen LogP contribution in [0.3, 0.4) is 0 Å². The van der Waals surface area contributed by atoms with Gasteiger partial charge in [-0.3, -0.25) is 0 Å². The molecule has 1 aromatic rings. The lowest BCUT2D eigenvalue weighted by molar-refractivity contribution is 0.0696. The van der Waals surface area contributed by atoms with Crippen LogP contribution in [0.2, 0.25) is 0 Å². The molecule has 114 valence electrons. The molecule has 0 unspecified atom stereocenters. The fourth-order valence-corrected chi connectivity index (χ4v) is 3.46. The lowest BCUT2D eigenvalue weighted by atomic mass is 10.1. The monoisotopic (exact) mass is 317 g/mol. The van der Waals surface area contributed by atoms with Crippen molar-refractivity contribution in [3.8, 4) is 0 Å². The van der Waals surface area contributed by atoms with E-state index in [-0.39, 0.29) is 13.1 Å². The van der Waals surface area contributed by atoms with E-state index in [1.165, 1.54) is 0 Å². The fraction of sp³-hybridized carbons (Fsp3) is 0.308. The molecule has 0 atom stereocenters. The molecule has 1 aliphatic heterocycles. The number of halogens is 2. The first-order valence-corrected chi connectivity index (χ1v) is 7.55. The van der Waals surface area contributed by atoms with Gasteiger partial charge in [-0.1, -0.05) is 11.6 Å². The van der Waals surface area contributed by atoms with Crippen LogP contribution in [0.5, 0.6) is 0 Å². The van der Waals surface area contributed by atoms with E-state index in [9.17, 15) is 22.0 Å². The number of nitrogens with zero attached hydrogens (tertiary/aromatic N) is 1. The van der Waals surface area contributed by atoms with Crippen LogP contribution in [-0.2, 0) is 10.0 Å². The van der Waals surface area contributed by atoms with Crippen LogP contribution in [0.15, 0.2) is 28.7 Å². The summed E-state index contributed by atoms with van der Waals surface area (Å²) in [5.41, 5.74) is 0.392. The number of rotatable bonds is 3. The van der Waals surface area contributed by atoms with Gasteiger partial charge in [0.2, 0.25) is 10.0 Å². The Morgan fingerprint density at radius 1 is 1.33 bits per heavy atom. The van der Waals surface area contributed by atoms with E-state index < -0.39 is 38.1 Å². The van der Waals surface area contributed by atoms with Crippen molar-refractivity contribution < 1.29 is 27.1 Å². The summed E-state index contributed by atoms with van der Waals surface area (Å²) in [6, 6.07) is 1.10. The Kier molecular flexibility index (Phi) is 4.11. The van der Waals surface area contributed by atoms with Gasteiger partial charge in [0, 0.05) is 13.1 Å². The highest BCUT2D eigenvalue weighted by Crippen LogP contribution is 2.25. The standard InChI is InChI=1S/C13H13F2NO4S/c1-8-2-4-16(5-3-8)21(19,20)11-7-9(13(17)18)6-10(14)12(11)15/h2,6-7H,3-5H2,1H3,(H,17,18). The van der Waals surface area contributed by atoms with Crippen molar-refractivity contribution in [2.45, 2.75) is 18.2 Å². The van der Waals surface area contributed by atoms with Gasteiger partial charge in [0.1, 0.15) is 4.90 Å². The summed E-state index contributed by atoms with van der Waals surface area (Å²) in [4.78, 5) is 9.90. The molecule has 0 amide bonds. The number of carboxylic acid groups (broad SMARTS) is 1. The van der Waals surface area contributed by atoms with Crippen LogP contribution in [0.25, 0.3) is 0 Å². The zero-order chi connectivity index (χ0) is 15.8. The van der Waals surface area contributed by atoms with Gasteiger partial charge >= 0.3 is 5.97 Å². The molecule has 1 aliphatic rings. The molecule has 0 bridgehead atoms. The van der Waals surface area contributed by atoms with Crippen LogP contribution in [-0.4, -0.2) is 36.9 Å². The zero-order valence-electron chi connectivity index (χ0n) is 11.1. The maximum atomic E-state index is 13.8. The van der Waals surface area contributed by atoms with Crippen molar-refractivity contribution in [1.82, 2.24) is 4.31 Å². The molecule has 1 N–H and O–H groups in total. The Morgan fingerprint density at radius 2 is 2.00 bits per heavy atom. The summed E-state index contributed by atoms with van der Waals surface area (Å²) in [5.74, 6) is -4.59. The van der Waals surface area contributed by atoms with E-state index >= 15 is 0 Å². The Balaban J connectivity index is 2.52. The SMILES string of the molecule is CC1=CCN(S(=O)(=O)c2cc(C(=O)O)cc(F)c2F)CC1. The number of aromatic carboxylic acids is 1. The molecule has 0 fully saturated rings. The number of sulfonamides is 1. The predicted octanol–water partition coefficient (Wildman–Crippen LogP) is 2.00. The number of benzene rings is 1. The van der Waals surface area contributed by atoms with Crippen molar-refractivity contribution in [2.24, 2.45) is 0 Å². The van der Waals surface area contributed by atoms with E-state index in [4.69, 9.17) is 5.11 Å². The average Bonchev–Trinajstić information content (AvgIpc) is 2.41. The van der Waals surface area contributed by atoms with Gasteiger partial charge in [-0.15, -0.1) is 0 Å². The number of carboxylic acids is 1. The molecule has 0 radical (unpaired) electrons. The summed E-state index contributed by atoms with van der Waals surface area (Å²) < 4.78 is 52.9. The largest absolute Gasteiger partial charge is 0.478 e.